The Hall–Kier alpha value is -2.08. The van der Waals surface area contributed by atoms with Gasteiger partial charge in [-0.15, -0.1) is 5.10 Å². The zero-order valence-corrected chi connectivity index (χ0v) is 11.8. The molecule has 1 aromatic carbocycles. The third-order valence-electron chi connectivity index (χ3n) is 2.95. The highest BCUT2D eigenvalue weighted by atomic mass is 16.4. The molecule has 0 saturated heterocycles. The van der Waals surface area contributed by atoms with Crippen LogP contribution in [0.25, 0.3) is 0 Å². The zero-order valence-electron chi connectivity index (χ0n) is 11.8. The Morgan fingerprint density at radius 2 is 2.00 bits per heavy atom. The van der Waals surface area contributed by atoms with E-state index in [2.05, 4.69) is 20.8 Å². The van der Waals surface area contributed by atoms with E-state index in [0.717, 1.165) is 18.5 Å². The van der Waals surface area contributed by atoms with Crippen molar-refractivity contribution in [1.82, 2.24) is 15.5 Å². The quantitative estimate of drug-likeness (QED) is 0.718. The van der Waals surface area contributed by atoms with Crippen LogP contribution in [-0.4, -0.2) is 28.4 Å². The molecule has 1 atom stereocenters. The molecular weight excluding hydrogens is 256 g/mol. The van der Waals surface area contributed by atoms with E-state index in [0.29, 0.717) is 18.5 Å². The summed E-state index contributed by atoms with van der Waals surface area (Å²) in [7, 11) is 0. The SMILES string of the molecule is CCNC(C)c1nnc(NCCc2ccc(O)cc2)o1. The fourth-order valence-corrected chi connectivity index (χ4v) is 1.85. The van der Waals surface area contributed by atoms with E-state index in [1.807, 2.05) is 26.0 Å². The molecule has 6 nitrogen and oxygen atoms in total. The van der Waals surface area contributed by atoms with E-state index in [-0.39, 0.29) is 11.8 Å². The van der Waals surface area contributed by atoms with Crippen molar-refractivity contribution in [1.29, 1.82) is 0 Å². The summed E-state index contributed by atoms with van der Waals surface area (Å²) >= 11 is 0. The number of benzene rings is 1. The maximum absolute atomic E-state index is 9.20. The van der Waals surface area contributed by atoms with Gasteiger partial charge in [-0.3, -0.25) is 0 Å². The van der Waals surface area contributed by atoms with Crippen molar-refractivity contribution < 1.29 is 9.52 Å². The molecule has 0 aliphatic heterocycles. The number of phenols is 1. The Morgan fingerprint density at radius 1 is 1.25 bits per heavy atom. The van der Waals surface area contributed by atoms with Gasteiger partial charge >= 0.3 is 6.01 Å². The maximum atomic E-state index is 9.20. The van der Waals surface area contributed by atoms with E-state index >= 15 is 0 Å². The average molecular weight is 276 g/mol. The van der Waals surface area contributed by atoms with Crippen LogP contribution >= 0.6 is 0 Å². The van der Waals surface area contributed by atoms with Gasteiger partial charge in [0.1, 0.15) is 5.75 Å². The summed E-state index contributed by atoms with van der Waals surface area (Å²) in [5.41, 5.74) is 1.14. The summed E-state index contributed by atoms with van der Waals surface area (Å²) in [4.78, 5) is 0. The van der Waals surface area contributed by atoms with E-state index in [9.17, 15) is 5.11 Å². The molecule has 6 heteroatoms. The minimum Gasteiger partial charge on any atom is -0.508 e. The molecule has 0 aliphatic carbocycles. The van der Waals surface area contributed by atoms with Gasteiger partial charge in [0, 0.05) is 6.54 Å². The fraction of sp³-hybridized carbons (Fsp3) is 0.429. The highest BCUT2D eigenvalue weighted by Crippen LogP contribution is 2.14. The molecule has 0 bridgehead atoms. The summed E-state index contributed by atoms with van der Waals surface area (Å²) in [6, 6.07) is 7.63. The minimum absolute atomic E-state index is 0.0557. The summed E-state index contributed by atoms with van der Waals surface area (Å²) in [6.45, 7) is 5.57. The number of nitrogens with one attached hydrogen (secondary N) is 2. The van der Waals surface area contributed by atoms with Gasteiger partial charge in [0.05, 0.1) is 6.04 Å². The first-order chi connectivity index (χ1) is 9.69. The van der Waals surface area contributed by atoms with Crippen LogP contribution in [-0.2, 0) is 6.42 Å². The first-order valence-corrected chi connectivity index (χ1v) is 6.77. The van der Waals surface area contributed by atoms with Crippen molar-refractivity contribution >= 4 is 6.01 Å². The van der Waals surface area contributed by atoms with Gasteiger partial charge in [-0.2, -0.15) is 0 Å². The number of anilines is 1. The number of phenolic OH excluding ortho intramolecular Hbond substituents is 1. The lowest BCUT2D eigenvalue weighted by Crippen LogP contribution is -2.17. The van der Waals surface area contributed by atoms with E-state index in [4.69, 9.17) is 4.42 Å². The number of hydrogen-bond donors (Lipinski definition) is 3. The molecule has 108 valence electrons. The van der Waals surface area contributed by atoms with Gasteiger partial charge in [-0.05, 0) is 37.6 Å². The van der Waals surface area contributed by atoms with Crippen LogP contribution in [0.1, 0.15) is 31.3 Å². The topological polar surface area (TPSA) is 83.2 Å². The maximum Gasteiger partial charge on any atom is 0.315 e. The van der Waals surface area contributed by atoms with E-state index in [1.54, 1.807) is 12.1 Å². The lowest BCUT2D eigenvalue weighted by atomic mass is 10.1. The third-order valence-corrected chi connectivity index (χ3v) is 2.95. The van der Waals surface area contributed by atoms with Crippen molar-refractivity contribution in [2.75, 3.05) is 18.4 Å². The lowest BCUT2D eigenvalue weighted by Gasteiger charge is -2.06. The molecule has 2 aromatic rings. The standard InChI is InChI=1S/C14H20N4O2/c1-3-15-10(2)13-17-18-14(20-13)16-9-8-11-4-6-12(19)7-5-11/h4-7,10,15,19H,3,8-9H2,1-2H3,(H,16,18). The van der Waals surface area contributed by atoms with Crippen LogP contribution in [0.2, 0.25) is 0 Å². The summed E-state index contributed by atoms with van der Waals surface area (Å²) < 4.78 is 5.52. The number of rotatable bonds is 7. The van der Waals surface area contributed by atoms with Gasteiger partial charge in [-0.1, -0.05) is 24.2 Å². The second-order valence-electron chi connectivity index (χ2n) is 4.57. The number of aromatic hydroxyl groups is 1. The predicted octanol–water partition coefficient (Wildman–Crippen LogP) is 2.10. The van der Waals surface area contributed by atoms with Crippen molar-refractivity contribution in [3.63, 3.8) is 0 Å². The monoisotopic (exact) mass is 276 g/mol. The van der Waals surface area contributed by atoms with Crippen molar-refractivity contribution in [2.45, 2.75) is 26.3 Å². The van der Waals surface area contributed by atoms with Crippen molar-refractivity contribution in [2.24, 2.45) is 0 Å². The van der Waals surface area contributed by atoms with Crippen LogP contribution in [0.4, 0.5) is 6.01 Å². The molecule has 3 N–H and O–H groups in total. The van der Waals surface area contributed by atoms with E-state index in [1.165, 1.54) is 0 Å². The second-order valence-corrected chi connectivity index (χ2v) is 4.57. The molecule has 1 heterocycles. The Morgan fingerprint density at radius 3 is 2.70 bits per heavy atom. The molecule has 1 aromatic heterocycles. The smallest absolute Gasteiger partial charge is 0.315 e. The van der Waals surface area contributed by atoms with Crippen LogP contribution in [0.15, 0.2) is 28.7 Å². The van der Waals surface area contributed by atoms with Gasteiger partial charge in [0.15, 0.2) is 0 Å². The molecule has 1 unspecified atom stereocenters. The molecule has 20 heavy (non-hydrogen) atoms. The largest absolute Gasteiger partial charge is 0.508 e. The van der Waals surface area contributed by atoms with Crippen LogP contribution in [0.3, 0.4) is 0 Å². The minimum atomic E-state index is 0.0557. The molecule has 0 aliphatic rings. The molecular formula is C14H20N4O2. The Labute approximate surface area is 118 Å². The summed E-state index contributed by atoms with van der Waals surface area (Å²) in [5, 5.41) is 23.5. The molecule has 0 amide bonds. The average Bonchev–Trinajstić information content (AvgIpc) is 2.90. The number of nitrogens with zero attached hydrogens (tertiary/aromatic N) is 2. The molecule has 2 rings (SSSR count). The second kappa shape index (κ2) is 6.91. The molecule has 0 saturated carbocycles. The lowest BCUT2D eigenvalue weighted by molar-refractivity contribution is 0.429. The zero-order chi connectivity index (χ0) is 14.4. The van der Waals surface area contributed by atoms with Gasteiger partial charge in [0.2, 0.25) is 5.89 Å². The highest BCUT2D eigenvalue weighted by Gasteiger charge is 2.12. The normalized spacial score (nSPS) is 12.3. The fourth-order valence-electron chi connectivity index (χ4n) is 1.85. The summed E-state index contributed by atoms with van der Waals surface area (Å²) in [5.74, 6) is 0.861. The highest BCUT2D eigenvalue weighted by molar-refractivity contribution is 5.27. The predicted molar refractivity (Wildman–Crippen MR) is 76.7 cm³/mol. The van der Waals surface area contributed by atoms with Gasteiger partial charge < -0.3 is 20.2 Å². The van der Waals surface area contributed by atoms with Gasteiger partial charge in [-0.25, -0.2) is 0 Å². The first kappa shape index (κ1) is 14.3. The van der Waals surface area contributed by atoms with Gasteiger partial charge in [0.25, 0.3) is 0 Å². The van der Waals surface area contributed by atoms with Crippen LogP contribution < -0.4 is 10.6 Å². The Balaban J connectivity index is 1.81. The first-order valence-electron chi connectivity index (χ1n) is 6.77. The number of aromatic nitrogens is 2. The molecule has 0 fully saturated rings. The summed E-state index contributed by atoms with van der Waals surface area (Å²) in [6.07, 6.45) is 0.820. The molecule has 0 radical (unpaired) electrons. The molecule has 0 spiro atoms. The van der Waals surface area contributed by atoms with E-state index < -0.39 is 0 Å². The number of hydrogen-bond acceptors (Lipinski definition) is 6. The van der Waals surface area contributed by atoms with Crippen molar-refractivity contribution in [3.05, 3.63) is 35.7 Å². The third kappa shape index (κ3) is 3.96. The Bertz CT molecular complexity index is 524. The van der Waals surface area contributed by atoms with Crippen LogP contribution in [0.5, 0.6) is 5.75 Å². The van der Waals surface area contributed by atoms with Crippen LogP contribution in [0, 0.1) is 0 Å². The van der Waals surface area contributed by atoms with Crippen molar-refractivity contribution in [3.8, 4) is 5.75 Å². The Kier molecular flexibility index (Phi) is 4.95.